The predicted molar refractivity (Wildman–Crippen MR) is 73.6 cm³/mol. The minimum Gasteiger partial charge on any atom is -0.352 e. The number of amides is 2. The van der Waals surface area contributed by atoms with Crippen LogP contribution in [0.1, 0.15) is 39.0 Å². The molecule has 2 amide bonds. The Balaban J connectivity index is 1.78. The SMILES string of the molecule is CCC1CCNC(C(=O)N(C)CC(=O)NC2CC2)C1. The van der Waals surface area contributed by atoms with Crippen molar-refractivity contribution < 1.29 is 9.59 Å². The molecule has 2 fully saturated rings. The van der Waals surface area contributed by atoms with E-state index in [4.69, 9.17) is 0 Å². The first-order valence-corrected chi connectivity index (χ1v) is 7.38. The van der Waals surface area contributed by atoms with Crippen LogP contribution in [0.4, 0.5) is 0 Å². The molecule has 0 spiro atoms. The number of hydrogen-bond donors (Lipinski definition) is 2. The number of rotatable bonds is 5. The van der Waals surface area contributed by atoms with Gasteiger partial charge in [0, 0.05) is 13.1 Å². The lowest BCUT2D eigenvalue weighted by Gasteiger charge is -2.31. The fourth-order valence-corrected chi connectivity index (χ4v) is 2.62. The van der Waals surface area contributed by atoms with Crippen LogP contribution in [0.5, 0.6) is 0 Å². The van der Waals surface area contributed by atoms with Crippen LogP contribution in [0.15, 0.2) is 0 Å². The smallest absolute Gasteiger partial charge is 0.239 e. The highest BCUT2D eigenvalue weighted by molar-refractivity contribution is 5.87. The van der Waals surface area contributed by atoms with Crippen molar-refractivity contribution >= 4 is 11.8 Å². The van der Waals surface area contributed by atoms with E-state index in [0.717, 1.165) is 38.6 Å². The third kappa shape index (κ3) is 4.20. The van der Waals surface area contributed by atoms with E-state index in [1.165, 1.54) is 0 Å². The molecule has 1 aliphatic carbocycles. The lowest BCUT2D eigenvalue weighted by atomic mass is 9.90. The van der Waals surface area contributed by atoms with E-state index in [2.05, 4.69) is 17.6 Å². The lowest BCUT2D eigenvalue weighted by molar-refractivity contribution is -0.137. The average molecular weight is 267 g/mol. The van der Waals surface area contributed by atoms with Crippen molar-refractivity contribution in [2.45, 2.75) is 51.1 Å². The summed E-state index contributed by atoms with van der Waals surface area (Å²) in [6.45, 7) is 3.24. The maximum atomic E-state index is 12.3. The topological polar surface area (TPSA) is 61.4 Å². The van der Waals surface area contributed by atoms with Crippen molar-refractivity contribution in [2.75, 3.05) is 20.1 Å². The third-order valence-corrected chi connectivity index (χ3v) is 4.09. The fraction of sp³-hybridized carbons (Fsp3) is 0.857. The Hall–Kier alpha value is -1.10. The van der Waals surface area contributed by atoms with Gasteiger partial charge in [-0.1, -0.05) is 13.3 Å². The summed E-state index contributed by atoms with van der Waals surface area (Å²) >= 11 is 0. The summed E-state index contributed by atoms with van der Waals surface area (Å²) < 4.78 is 0. The largest absolute Gasteiger partial charge is 0.352 e. The standard InChI is InChI=1S/C14H25N3O2/c1-3-10-6-7-15-12(8-10)14(19)17(2)9-13(18)16-11-4-5-11/h10-12,15H,3-9H2,1-2H3,(H,16,18). The van der Waals surface area contributed by atoms with E-state index in [9.17, 15) is 9.59 Å². The molecular weight excluding hydrogens is 242 g/mol. The van der Waals surface area contributed by atoms with Crippen molar-refractivity contribution in [3.05, 3.63) is 0 Å². The van der Waals surface area contributed by atoms with Gasteiger partial charge in [0.25, 0.3) is 0 Å². The molecule has 2 N–H and O–H groups in total. The molecule has 5 nitrogen and oxygen atoms in total. The summed E-state index contributed by atoms with van der Waals surface area (Å²) in [6, 6.07) is 0.241. The van der Waals surface area contributed by atoms with Crippen LogP contribution < -0.4 is 10.6 Å². The Morgan fingerprint density at radius 1 is 1.32 bits per heavy atom. The van der Waals surface area contributed by atoms with E-state index in [1.807, 2.05) is 0 Å². The molecule has 19 heavy (non-hydrogen) atoms. The first-order chi connectivity index (χ1) is 9.10. The Bertz CT molecular complexity index is 342. The Morgan fingerprint density at radius 3 is 2.68 bits per heavy atom. The second kappa shape index (κ2) is 6.37. The van der Waals surface area contributed by atoms with E-state index >= 15 is 0 Å². The third-order valence-electron chi connectivity index (χ3n) is 4.09. The first-order valence-electron chi connectivity index (χ1n) is 7.38. The van der Waals surface area contributed by atoms with E-state index in [1.54, 1.807) is 11.9 Å². The number of piperidine rings is 1. The number of carbonyl (C=O) groups is 2. The van der Waals surface area contributed by atoms with Gasteiger partial charge in [-0.2, -0.15) is 0 Å². The number of nitrogens with one attached hydrogen (secondary N) is 2. The highest BCUT2D eigenvalue weighted by Crippen LogP contribution is 2.20. The lowest BCUT2D eigenvalue weighted by Crippen LogP contribution is -2.51. The van der Waals surface area contributed by atoms with Crippen LogP contribution in [0.2, 0.25) is 0 Å². The van der Waals surface area contributed by atoms with Crippen LogP contribution in [0.3, 0.4) is 0 Å². The molecule has 0 bridgehead atoms. The van der Waals surface area contributed by atoms with E-state index in [0.29, 0.717) is 12.0 Å². The zero-order chi connectivity index (χ0) is 13.8. The number of carbonyl (C=O) groups excluding carboxylic acids is 2. The van der Waals surface area contributed by atoms with Gasteiger partial charge in [0.05, 0.1) is 12.6 Å². The van der Waals surface area contributed by atoms with Crippen LogP contribution in [-0.2, 0) is 9.59 Å². The molecule has 0 aromatic heterocycles. The summed E-state index contributed by atoms with van der Waals surface area (Å²) in [5.74, 6) is 0.634. The summed E-state index contributed by atoms with van der Waals surface area (Å²) in [7, 11) is 1.71. The molecule has 0 radical (unpaired) electrons. The van der Waals surface area contributed by atoms with Crippen molar-refractivity contribution in [2.24, 2.45) is 5.92 Å². The molecule has 1 saturated heterocycles. The quantitative estimate of drug-likeness (QED) is 0.762. The van der Waals surface area contributed by atoms with Crippen molar-refractivity contribution in [1.82, 2.24) is 15.5 Å². The van der Waals surface area contributed by atoms with Crippen LogP contribution >= 0.6 is 0 Å². The van der Waals surface area contributed by atoms with Crippen LogP contribution in [-0.4, -0.2) is 48.9 Å². The molecule has 2 atom stereocenters. The average Bonchev–Trinajstić information content (AvgIpc) is 3.21. The second-order valence-corrected chi connectivity index (χ2v) is 5.84. The molecular formula is C14H25N3O2. The summed E-state index contributed by atoms with van der Waals surface area (Å²) in [5.41, 5.74) is 0. The number of likely N-dealkylation sites (N-methyl/N-ethyl adjacent to an activating group) is 1. The number of nitrogens with zero attached hydrogens (tertiary/aromatic N) is 1. The summed E-state index contributed by atoms with van der Waals surface area (Å²) in [4.78, 5) is 25.5. The Morgan fingerprint density at radius 2 is 2.05 bits per heavy atom. The van der Waals surface area contributed by atoms with Gasteiger partial charge in [-0.25, -0.2) is 0 Å². The van der Waals surface area contributed by atoms with Gasteiger partial charge in [0.2, 0.25) is 11.8 Å². The molecule has 5 heteroatoms. The van der Waals surface area contributed by atoms with Crippen molar-refractivity contribution in [1.29, 1.82) is 0 Å². The monoisotopic (exact) mass is 267 g/mol. The minimum absolute atomic E-state index is 0.0406. The molecule has 1 aliphatic heterocycles. The zero-order valence-corrected chi connectivity index (χ0v) is 11.9. The second-order valence-electron chi connectivity index (χ2n) is 5.84. The maximum Gasteiger partial charge on any atom is 0.239 e. The van der Waals surface area contributed by atoms with Gasteiger partial charge in [-0.05, 0) is 38.1 Å². The molecule has 108 valence electrons. The van der Waals surface area contributed by atoms with Gasteiger partial charge in [-0.3, -0.25) is 9.59 Å². The van der Waals surface area contributed by atoms with E-state index in [-0.39, 0.29) is 24.4 Å². The Kier molecular flexibility index (Phi) is 4.80. The van der Waals surface area contributed by atoms with E-state index < -0.39 is 0 Å². The van der Waals surface area contributed by atoms with Gasteiger partial charge in [0.15, 0.2) is 0 Å². The highest BCUT2D eigenvalue weighted by atomic mass is 16.2. The molecule has 2 rings (SSSR count). The van der Waals surface area contributed by atoms with Crippen molar-refractivity contribution in [3.8, 4) is 0 Å². The zero-order valence-electron chi connectivity index (χ0n) is 11.9. The molecule has 2 unspecified atom stereocenters. The normalized spacial score (nSPS) is 26.8. The fourth-order valence-electron chi connectivity index (χ4n) is 2.62. The van der Waals surface area contributed by atoms with Gasteiger partial charge < -0.3 is 15.5 Å². The van der Waals surface area contributed by atoms with Crippen LogP contribution in [0.25, 0.3) is 0 Å². The van der Waals surface area contributed by atoms with Crippen molar-refractivity contribution in [3.63, 3.8) is 0 Å². The molecule has 2 aliphatic rings. The summed E-state index contributed by atoms with van der Waals surface area (Å²) in [6.07, 6.45) is 5.31. The number of hydrogen-bond acceptors (Lipinski definition) is 3. The molecule has 1 heterocycles. The van der Waals surface area contributed by atoms with Gasteiger partial charge >= 0.3 is 0 Å². The first kappa shape index (κ1) is 14.3. The molecule has 0 aromatic rings. The van der Waals surface area contributed by atoms with Gasteiger partial charge in [-0.15, -0.1) is 0 Å². The highest BCUT2D eigenvalue weighted by Gasteiger charge is 2.29. The van der Waals surface area contributed by atoms with Crippen LogP contribution in [0, 0.1) is 5.92 Å². The maximum absolute atomic E-state index is 12.3. The van der Waals surface area contributed by atoms with Gasteiger partial charge in [0.1, 0.15) is 0 Å². The molecule has 0 aromatic carbocycles. The Labute approximate surface area is 115 Å². The summed E-state index contributed by atoms with van der Waals surface area (Å²) in [5, 5.41) is 6.18. The predicted octanol–water partition coefficient (Wildman–Crippen LogP) is 0.502. The molecule has 1 saturated carbocycles. The minimum atomic E-state index is -0.113.